The molecule has 1 aromatic carbocycles. The van der Waals surface area contributed by atoms with E-state index in [0.717, 1.165) is 12.0 Å². The van der Waals surface area contributed by atoms with E-state index in [1.807, 2.05) is 19.2 Å². The summed E-state index contributed by atoms with van der Waals surface area (Å²) in [5.74, 6) is -0.159. The normalized spacial score (nSPS) is 12.2. The first-order chi connectivity index (χ1) is 7.92. The number of nitrogens with zero attached hydrogens (tertiary/aromatic N) is 1. The number of benzene rings is 1. The molecule has 0 aliphatic rings. The third-order valence-electron chi connectivity index (χ3n) is 3.68. The Morgan fingerprint density at radius 1 is 1.29 bits per heavy atom. The molecule has 2 nitrogen and oxygen atoms in total. The molecule has 0 amide bonds. The third-order valence-corrected chi connectivity index (χ3v) is 3.68. The molecule has 1 aromatic rings. The molecule has 0 atom stereocenters. The highest BCUT2D eigenvalue weighted by Crippen LogP contribution is 2.21. The van der Waals surface area contributed by atoms with Crippen LogP contribution in [-0.2, 0) is 13.1 Å². The van der Waals surface area contributed by atoms with Crippen LogP contribution in [0.4, 0.5) is 4.39 Å². The lowest BCUT2D eigenvalue weighted by atomic mass is 9.98. The molecule has 96 valence electrons. The molecule has 0 saturated heterocycles. The van der Waals surface area contributed by atoms with Gasteiger partial charge in [-0.3, -0.25) is 4.90 Å². The summed E-state index contributed by atoms with van der Waals surface area (Å²) in [6, 6.07) is 5.44. The topological polar surface area (TPSA) is 29.3 Å². The van der Waals surface area contributed by atoms with Crippen LogP contribution < -0.4 is 5.73 Å². The van der Waals surface area contributed by atoms with Gasteiger partial charge < -0.3 is 5.73 Å². The number of hydrogen-bond donors (Lipinski definition) is 1. The zero-order chi connectivity index (χ0) is 13.1. The van der Waals surface area contributed by atoms with Gasteiger partial charge in [-0.05, 0) is 27.3 Å². The van der Waals surface area contributed by atoms with Crippen LogP contribution in [0.25, 0.3) is 0 Å². The molecule has 0 unspecified atom stereocenters. The average molecular weight is 238 g/mol. The Balaban J connectivity index is 2.89. The van der Waals surface area contributed by atoms with Crippen LogP contribution in [0.5, 0.6) is 0 Å². The van der Waals surface area contributed by atoms with E-state index in [-0.39, 0.29) is 17.9 Å². The van der Waals surface area contributed by atoms with Crippen molar-refractivity contribution in [1.82, 2.24) is 4.90 Å². The Labute approximate surface area is 104 Å². The van der Waals surface area contributed by atoms with Gasteiger partial charge in [0.05, 0.1) is 0 Å². The van der Waals surface area contributed by atoms with Crippen LogP contribution in [0.15, 0.2) is 18.2 Å². The zero-order valence-electron chi connectivity index (χ0n) is 11.3. The van der Waals surface area contributed by atoms with Crippen LogP contribution >= 0.6 is 0 Å². The Bertz CT molecular complexity index is 374. The van der Waals surface area contributed by atoms with Crippen LogP contribution in [0.1, 0.15) is 38.3 Å². The minimum atomic E-state index is -0.159. The molecule has 0 bridgehead atoms. The van der Waals surface area contributed by atoms with Crippen molar-refractivity contribution < 1.29 is 4.39 Å². The SMILES string of the molecule is CCC(C)(C)N(C)Cc1cccc(CN)c1F. The first-order valence-corrected chi connectivity index (χ1v) is 6.10. The van der Waals surface area contributed by atoms with Crippen LogP contribution in [0.3, 0.4) is 0 Å². The summed E-state index contributed by atoms with van der Waals surface area (Å²) in [7, 11) is 2.03. The van der Waals surface area contributed by atoms with Crippen LogP contribution in [0.2, 0.25) is 0 Å². The third kappa shape index (κ3) is 3.27. The van der Waals surface area contributed by atoms with Gasteiger partial charge >= 0.3 is 0 Å². The number of nitrogens with two attached hydrogens (primary N) is 1. The minimum absolute atomic E-state index is 0.0746. The molecule has 0 spiro atoms. The Morgan fingerprint density at radius 2 is 1.88 bits per heavy atom. The fourth-order valence-electron chi connectivity index (χ4n) is 1.65. The van der Waals surface area contributed by atoms with Gasteiger partial charge in [-0.2, -0.15) is 0 Å². The summed E-state index contributed by atoms with van der Waals surface area (Å²) >= 11 is 0. The second-order valence-corrected chi connectivity index (χ2v) is 5.12. The Morgan fingerprint density at radius 3 is 2.41 bits per heavy atom. The van der Waals surface area contributed by atoms with Crippen molar-refractivity contribution in [2.75, 3.05) is 7.05 Å². The first-order valence-electron chi connectivity index (χ1n) is 6.10. The molecule has 3 heteroatoms. The van der Waals surface area contributed by atoms with Gasteiger partial charge in [0.15, 0.2) is 0 Å². The van der Waals surface area contributed by atoms with E-state index >= 15 is 0 Å². The van der Waals surface area contributed by atoms with Crippen molar-refractivity contribution in [2.45, 2.75) is 45.8 Å². The van der Waals surface area contributed by atoms with Crippen molar-refractivity contribution >= 4 is 0 Å². The summed E-state index contributed by atoms with van der Waals surface area (Å²) in [6.45, 7) is 7.33. The van der Waals surface area contributed by atoms with E-state index in [2.05, 4.69) is 25.7 Å². The van der Waals surface area contributed by atoms with E-state index < -0.39 is 0 Å². The van der Waals surface area contributed by atoms with Gasteiger partial charge in [0.1, 0.15) is 5.82 Å². The van der Waals surface area contributed by atoms with Gasteiger partial charge in [-0.1, -0.05) is 25.1 Å². The highest BCUT2D eigenvalue weighted by Gasteiger charge is 2.22. The van der Waals surface area contributed by atoms with Crippen molar-refractivity contribution in [2.24, 2.45) is 5.73 Å². The van der Waals surface area contributed by atoms with Crippen molar-refractivity contribution in [1.29, 1.82) is 0 Å². The summed E-state index contributed by atoms with van der Waals surface area (Å²) in [6.07, 6.45) is 1.03. The predicted octanol–water partition coefficient (Wildman–Crippen LogP) is 2.90. The van der Waals surface area contributed by atoms with Crippen molar-refractivity contribution in [3.05, 3.63) is 35.1 Å². The molecule has 0 fully saturated rings. The number of hydrogen-bond acceptors (Lipinski definition) is 2. The molecule has 1 rings (SSSR count). The lowest BCUT2D eigenvalue weighted by Gasteiger charge is -2.35. The molecule has 0 aliphatic heterocycles. The quantitative estimate of drug-likeness (QED) is 0.854. The lowest BCUT2D eigenvalue weighted by Crippen LogP contribution is -2.40. The average Bonchev–Trinajstić information content (AvgIpc) is 2.31. The first kappa shape index (κ1) is 14.1. The lowest BCUT2D eigenvalue weighted by molar-refractivity contribution is 0.141. The summed E-state index contributed by atoms with van der Waals surface area (Å²) in [4.78, 5) is 2.17. The largest absolute Gasteiger partial charge is 0.326 e. The summed E-state index contributed by atoms with van der Waals surface area (Å²) < 4.78 is 14.0. The molecule has 0 saturated carbocycles. The van der Waals surface area contributed by atoms with Gasteiger partial charge in [0.2, 0.25) is 0 Å². The van der Waals surface area contributed by atoms with Crippen LogP contribution in [0, 0.1) is 5.82 Å². The van der Waals surface area contributed by atoms with E-state index in [1.165, 1.54) is 0 Å². The van der Waals surface area contributed by atoms with Gasteiger partial charge in [0, 0.05) is 29.8 Å². The smallest absolute Gasteiger partial charge is 0.132 e. The molecule has 2 N–H and O–H groups in total. The van der Waals surface area contributed by atoms with E-state index in [1.54, 1.807) is 6.07 Å². The standard InChI is InChI=1S/C14H23FN2/c1-5-14(2,3)17(4)10-12-8-6-7-11(9-16)13(12)15/h6-8H,5,9-10,16H2,1-4H3. The van der Waals surface area contributed by atoms with Gasteiger partial charge in [-0.15, -0.1) is 0 Å². The van der Waals surface area contributed by atoms with Crippen molar-refractivity contribution in [3.8, 4) is 0 Å². The highest BCUT2D eigenvalue weighted by atomic mass is 19.1. The predicted molar refractivity (Wildman–Crippen MR) is 70.1 cm³/mol. The highest BCUT2D eigenvalue weighted by molar-refractivity contribution is 5.26. The zero-order valence-corrected chi connectivity index (χ0v) is 11.3. The van der Waals surface area contributed by atoms with Crippen LogP contribution in [-0.4, -0.2) is 17.5 Å². The minimum Gasteiger partial charge on any atom is -0.326 e. The molecule has 0 aliphatic carbocycles. The fraction of sp³-hybridized carbons (Fsp3) is 0.571. The number of halogens is 1. The fourth-order valence-corrected chi connectivity index (χ4v) is 1.65. The maximum Gasteiger partial charge on any atom is 0.132 e. The second kappa shape index (κ2) is 5.61. The molecule has 0 aromatic heterocycles. The number of rotatable bonds is 5. The van der Waals surface area contributed by atoms with E-state index in [0.29, 0.717) is 12.1 Å². The summed E-state index contributed by atoms with van der Waals surface area (Å²) in [5, 5.41) is 0. The van der Waals surface area contributed by atoms with E-state index in [4.69, 9.17) is 5.73 Å². The van der Waals surface area contributed by atoms with Crippen molar-refractivity contribution in [3.63, 3.8) is 0 Å². The second-order valence-electron chi connectivity index (χ2n) is 5.12. The Hall–Kier alpha value is -0.930. The van der Waals surface area contributed by atoms with E-state index in [9.17, 15) is 4.39 Å². The maximum atomic E-state index is 14.0. The molecule has 0 radical (unpaired) electrons. The molecular weight excluding hydrogens is 215 g/mol. The monoisotopic (exact) mass is 238 g/mol. The maximum absolute atomic E-state index is 14.0. The van der Waals surface area contributed by atoms with Gasteiger partial charge in [-0.25, -0.2) is 4.39 Å². The molecular formula is C14H23FN2. The van der Waals surface area contributed by atoms with Gasteiger partial charge in [0.25, 0.3) is 0 Å². The molecule has 17 heavy (non-hydrogen) atoms. The summed E-state index contributed by atoms with van der Waals surface area (Å²) in [5.41, 5.74) is 6.89. The Kier molecular flexibility index (Phi) is 4.66. The molecule has 0 heterocycles.